The average Bonchev–Trinajstić information content (AvgIpc) is 3.07. The molecule has 0 bridgehead atoms. The number of urea groups is 1. The van der Waals surface area contributed by atoms with Gasteiger partial charge in [-0.2, -0.15) is 0 Å². The van der Waals surface area contributed by atoms with E-state index in [1.165, 1.54) is 19.1 Å². The van der Waals surface area contributed by atoms with Crippen LogP contribution in [0.5, 0.6) is 11.5 Å². The van der Waals surface area contributed by atoms with Crippen LogP contribution in [-0.4, -0.2) is 61.8 Å². The number of nitrogens with zero attached hydrogens (tertiary/aromatic N) is 2. The number of ether oxygens (including phenoxy) is 2. The van der Waals surface area contributed by atoms with E-state index in [9.17, 15) is 14.4 Å². The number of methoxy groups -OCH3 is 2. The van der Waals surface area contributed by atoms with Crippen molar-refractivity contribution in [1.82, 2.24) is 10.2 Å². The second-order valence-electron chi connectivity index (χ2n) is 7.63. The fraction of sp³-hybridized carbons (Fsp3) is 0.348. The number of anilines is 1. The molecule has 2 aliphatic rings. The van der Waals surface area contributed by atoms with Gasteiger partial charge in [-0.1, -0.05) is 6.07 Å². The van der Waals surface area contributed by atoms with Gasteiger partial charge in [-0.25, -0.2) is 9.69 Å². The molecule has 4 amide bonds. The molecule has 0 unspecified atom stereocenters. The number of imide groups is 1. The Bertz CT molecular complexity index is 1060. The third-order valence-electron chi connectivity index (χ3n) is 5.84. The smallest absolute Gasteiger partial charge is 0.332 e. The van der Waals surface area contributed by atoms with Gasteiger partial charge in [0.05, 0.1) is 25.5 Å². The fourth-order valence-electron chi connectivity index (χ4n) is 4.17. The average molecular weight is 456 g/mol. The molecule has 2 atom stereocenters. The van der Waals surface area contributed by atoms with Crippen molar-refractivity contribution in [2.24, 2.45) is 0 Å². The Morgan fingerprint density at radius 1 is 1.12 bits per heavy atom. The molecule has 1 N–H and O–H groups in total. The predicted octanol–water partition coefficient (Wildman–Crippen LogP) is 3.16. The lowest BCUT2D eigenvalue weighted by atomic mass is 9.97. The molecule has 0 spiro atoms. The standard InChI is InChI=1S/C23H25N3O5S/c1-30-16-6-4-5-15(12-16)26-22(28)19-11-14(9-10-25(19)23(26)29)24-21(27)18-8-7-17(32-3)13-20(18)31-2/h4-8,12-14,19H,9-11H2,1-3H3,(H,24,27)/t14-,19+/m0/s1. The zero-order valence-corrected chi connectivity index (χ0v) is 19.0. The molecule has 0 saturated carbocycles. The summed E-state index contributed by atoms with van der Waals surface area (Å²) in [6, 6.07) is 11.1. The van der Waals surface area contributed by atoms with Crippen LogP contribution >= 0.6 is 11.8 Å². The highest BCUT2D eigenvalue weighted by atomic mass is 32.2. The number of benzene rings is 2. The number of thioether (sulfide) groups is 1. The van der Waals surface area contributed by atoms with E-state index in [1.807, 2.05) is 18.4 Å². The molecule has 0 aromatic heterocycles. The highest BCUT2D eigenvalue weighted by Crippen LogP contribution is 2.33. The third kappa shape index (κ3) is 4.00. The van der Waals surface area contributed by atoms with Crippen molar-refractivity contribution in [2.75, 3.05) is 31.9 Å². The molecule has 2 aromatic rings. The van der Waals surface area contributed by atoms with Gasteiger partial charge in [0, 0.05) is 23.5 Å². The summed E-state index contributed by atoms with van der Waals surface area (Å²) < 4.78 is 10.6. The van der Waals surface area contributed by atoms with Crippen molar-refractivity contribution in [3.8, 4) is 11.5 Å². The number of fused-ring (bicyclic) bond motifs is 1. The van der Waals surface area contributed by atoms with Gasteiger partial charge in [-0.15, -0.1) is 11.8 Å². The van der Waals surface area contributed by atoms with E-state index < -0.39 is 6.04 Å². The van der Waals surface area contributed by atoms with Crippen LogP contribution in [0.2, 0.25) is 0 Å². The Balaban J connectivity index is 1.48. The van der Waals surface area contributed by atoms with E-state index in [0.29, 0.717) is 42.1 Å². The maximum absolute atomic E-state index is 13.1. The Labute approximate surface area is 190 Å². The molecule has 4 rings (SSSR count). The maximum Gasteiger partial charge on any atom is 0.332 e. The lowest BCUT2D eigenvalue weighted by Crippen LogP contribution is -2.49. The summed E-state index contributed by atoms with van der Waals surface area (Å²) in [7, 11) is 3.07. The normalized spacial score (nSPS) is 20.2. The molecule has 32 heavy (non-hydrogen) atoms. The van der Waals surface area contributed by atoms with Crippen LogP contribution in [0.1, 0.15) is 23.2 Å². The summed E-state index contributed by atoms with van der Waals surface area (Å²) in [5.74, 6) is 0.529. The molecule has 2 fully saturated rings. The predicted molar refractivity (Wildman–Crippen MR) is 122 cm³/mol. The monoisotopic (exact) mass is 455 g/mol. The summed E-state index contributed by atoms with van der Waals surface area (Å²) in [6.07, 6.45) is 2.89. The molecular weight excluding hydrogens is 430 g/mol. The third-order valence-corrected chi connectivity index (χ3v) is 6.57. The Morgan fingerprint density at radius 2 is 1.94 bits per heavy atom. The lowest BCUT2D eigenvalue weighted by molar-refractivity contribution is -0.120. The highest BCUT2D eigenvalue weighted by molar-refractivity contribution is 7.98. The number of rotatable bonds is 6. The van der Waals surface area contributed by atoms with Gasteiger partial charge in [0.15, 0.2) is 0 Å². The molecule has 2 aliphatic heterocycles. The van der Waals surface area contributed by atoms with Crippen LogP contribution in [0.3, 0.4) is 0 Å². The molecule has 168 valence electrons. The second kappa shape index (κ2) is 9.12. The van der Waals surface area contributed by atoms with Crippen LogP contribution in [0, 0.1) is 0 Å². The van der Waals surface area contributed by atoms with Crippen molar-refractivity contribution in [2.45, 2.75) is 29.8 Å². The number of amides is 4. The number of hydrogen-bond donors (Lipinski definition) is 1. The first-order chi connectivity index (χ1) is 15.5. The Morgan fingerprint density at radius 3 is 2.66 bits per heavy atom. The van der Waals surface area contributed by atoms with Crippen molar-refractivity contribution < 1.29 is 23.9 Å². The lowest BCUT2D eigenvalue weighted by Gasteiger charge is -2.32. The van der Waals surface area contributed by atoms with Gasteiger partial charge in [0.1, 0.15) is 17.5 Å². The van der Waals surface area contributed by atoms with Gasteiger partial charge in [0.25, 0.3) is 11.8 Å². The highest BCUT2D eigenvalue weighted by Gasteiger charge is 2.48. The van der Waals surface area contributed by atoms with Gasteiger partial charge < -0.3 is 19.7 Å². The molecule has 2 heterocycles. The zero-order chi connectivity index (χ0) is 22.8. The number of piperidine rings is 1. The van der Waals surface area contributed by atoms with Crippen molar-refractivity contribution in [3.63, 3.8) is 0 Å². The number of hydrogen-bond acceptors (Lipinski definition) is 6. The molecular formula is C23H25N3O5S. The summed E-state index contributed by atoms with van der Waals surface area (Å²) in [5, 5.41) is 3.01. The largest absolute Gasteiger partial charge is 0.497 e. The van der Waals surface area contributed by atoms with E-state index in [1.54, 1.807) is 47.0 Å². The number of carbonyl (C=O) groups excluding carboxylic acids is 3. The van der Waals surface area contributed by atoms with Crippen LogP contribution in [-0.2, 0) is 4.79 Å². The molecule has 2 saturated heterocycles. The van der Waals surface area contributed by atoms with E-state index in [-0.39, 0.29) is 23.9 Å². The molecule has 8 nitrogen and oxygen atoms in total. The quantitative estimate of drug-likeness (QED) is 0.532. The van der Waals surface area contributed by atoms with E-state index in [2.05, 4.69) is 5.32 Å². The first kappa shape index (κ1) is 22.0. The van der Waals surface area contributed by atoms with Crippen LogP contribution in [0.25, 0.3) is 0 Å². The van der Waals surface area contributed by atoms with E-state index >= 15 is 0 Å². The molecule has 0 aliphatic carbocycles. The van der Waals surface area contributed by atoms with Crippen molar-refractivity contribution in [3.05, 3.63) is 48.0 Å². The minimum Gasteiger partial charge on any atom is -0.497 e. The van der Waals surface area contributed by atoms with Crippen LogP contribution in [0.4, 0.5) is 10.5 Å². The molecule has 0 radical (unpaired) electrons. The van der Waals surface area contributed by atoms with Crippen LogP contribution in [0.15, 0.2) is 47.4 Å². The number of nitrogens with one attached hydrogen (secondary N) is 1. The fourth-order valence-corrected chi connectivity index (χ4v) is 4.60. The van der Waals surface area contributed by atoms with Crippen molar-refractivity contribution in [1.29, 1.82) is 0 Å². The number of carbonyl (C=O) groups is 3. The van der Waals surface area contributed by atoms with E-state index in [0.717, 1.165) is 4.90 Å². The Kier molecular flexibility index (Phi) is 6.27. The van der Waals surface area contributed by atoms with E-state index in [4.69, 9.17) is 9.47 Å². The summed E-state index contributed by atoms with van der Waals surface area (Å²) >= 11 is 1.57. The minimum absolute atomic E-state index is 0.226. The maximum atomic E-state index is 13.1. The minimum atomic E-state index is -0.603. The second-order valence-corrected chi connectivity index (χ2v) is 8.51. The molecule has 9 heteroatoms. The molecule has 2 aromatic carbocycles. The SMILES string of the molecule is COc1cccc(N2C(=O)[C@H]3C[C@@H](NC(=O)c4ccc(SC)cc4OC)CCN3C2=O)c1. The van der Waals surface area contributed by atoms with Crippen molar-refractivity contribution >= 4 is 35.3 Å². The van der Waals surface area contributed by atoms with Gasteiger partial charge in [-0.05, 0) is 49.4 Å². The van der Waals surface area contributed by atoms with Crippen LogP contribution < -0.4 is 19.7 Å². The Hall–Kier alpha value is -3.20. The first-order valence-corrected chi connectivity index (χ1v) is 11.5. The summed E-state index contributed by atoms with van der Waals surface area (Å²) in [4.78, 5) is 42.7. The van der Waals surface area contributed by atoms with Gasteiger partial charge in [-0.3, -0.25) is 9.59 Å². The van der Waals surface area contributed by atoms with Gasteiger partial charge >= 0.3 is 6.03 Å². The van der Waals surface area contributed by atoms with Gasteiger partial charge in [0.2, 0.25) is 0 Å². The summed E-state index contributed by atoms with van der Waals surface area (Å²) in [5.41, 5.74) is 0.924. The first-order valence-electron chi connectivity index (χ1n) is 10.3. The summed E-state index contributed by atoms with van der Waals surface area (Å²) in [6.45, 7) is 0.392. The zero-order valence-electron chi connectivity index (χ0n) is 18.2. The topological polar surface area (TPSA) is 88.2 Å².